The Bertz CT molecular complexity index is 330. The van der Waals surface area contributed by atoms with Crippen LogP contribution in [0.5, 0.6) is 0 Å². The Balaban J connectivity index is 3.02. The fourth-order valence-corrected chi connectivity index (χ4v) is 1.12. The van der Waals surface area contributed by atoms with E-state index in [0.717, 1.165) is 12.1 Å². The Kier molecular flexibility index (Phi) is 2.96. The molecule has 0 saturated carbocycles. The monoisotopic (exact) mass is 199 g/mol. The van der Waals surface area contributed by atoms with Crippen LogP contribution in [0.25, 0.3) is 0 Å². The molecular weight excluding hydrogens is 188 g/mol. The van der Waals surface area contributed by atoms with Crippen LogP contribution >= 0.6 is 0 Å². The molecule has 0 aliphatic carbocycles. The van der Waals surface area contributed by atoms with Gasteiger partial charge in [-0.05, 0) is 19.1 Å². The molecule has 0 heterocycles. The third-order valence-electron chi connectivity index (χ3n) is 1.89. The second-order valence-electron chi connectivity index (χ2n) is 3.50. The lowest BCUT2D eigenvalue weighted by molar-refractivity contribution is -0.111. The molecule has 0 aliphatic heterocycles. The average Bonchev–Trinajstić information content (AvgIpc) is 2.12. The van der Waals surface area contributed by atoms with Crippen LogP contribution in [0.1, 0.15) is 12.5 Å². The number of halogens is 2. The van der Waals surface area contributed by atoms with E-state index in [9.17, 15) is 13.6 Å². The van der Waals surface area contributed by atoms with E-state index in [1.807, 2.05) is 0 Å². The number of carbonyl (C=O) groups excluding carboxylic acids is 1. The Morgan fingerprint density at radius 2 is 1.93 bits per heavy atom. The summed E-state index contributed by atoms with van der Waals surface area (Å²) in [6.45, 7) is 1.42. The van der Waals surface area contributed by atoms with E-state index in [1.54, 1.807) is 0 Å². The molecular formula is C10H11F2NO. The van der Waals surface area contributed by atoms with E-state index in [-0.39, 0.29) is 12.0 Å². The van der Waals surface area contributed by atoms with Crippen molar-refractivity contribution in [3.8, 4) is 0 Å². The SMILES string of the molecule is CC(N)(C=O)Cc1c(F)cccc1F. The van der Waals surface area contributed by atoms with E-state index < -0.39 is 17.2 Å². The van der Waals surface area contributed by atoms with Crippen LogP contribution in [0.4, 0.5) is 8.78 Å². The van der Waals surface area contributed by atoms with Gasteiger partial charge in [0.05, 0.1) is 5.54 Å². The zero-order chi connectivity index (χ0) is 10.8. The van der Waals surface area contributed by atoms with Gasteiger partial charge in [0.1, 0.15) is 17.9 Å². The van der Waals surface area contributed by atoms with Crippen molar-refractivity contribution in [3.63, 3.8) is 0 Å². The Morgan fingerprint density at radius 3 is 2.36 bits per heavy atom. The van der Waals surface area contributed by atoms with Gasteiger partial charge in [-0.2, -0.15) is 0 Å². The quantitative estimate of drug-likeness (QED) is 0.748. The minimum Gasteiger partial charge on any atom is -0.319 e. The largest absolute Gasteiger partial charge is 0.319 e. The minimum absolute atomic E-state index is 0.144. The second-order valence-corrected chi connectivity index (χ2v) is 3.50. The zero-order valence-electron chi connectivity index (χ0n) is 7.76. The van der Waals surface area contributed by atoms with Gasteiger partial charge in [0.25, 0.3) is 0 Å². The molecule has 1 rings (SSSR count). The molecule has 1 atom stereocenters. The molecule has 1 aromatic carbocycles. The molecule has 0 fully saturated rings. The van der Waals surface area contributed by atoms with E-state index in [4.69, 9.17) is 5.73 Å². The summed E-state index contributed by atoms with van der Waals surface area (Å²) in [4.78, 5) is 10.5. The molecule has 1 unspecified atom stereocenters. The first-order chi connectivity index (χ1) is 6.46. The molecule has 4 heteroatoms. The average molecular weight is 199 g/mol. The summed E-state index contributed by atoms with van der Waals surface area (Å²) in [6.07, 6.45) is 0.341. The molecule has 1 aromatic rings. The number of carbonyl (C=O) groups is 1. The van der Waals surface area contributed by atoms with E-state index in [2.05, 4.69) is 0 Å². The fourth-order valence-electron chi connectivity index (χ4n) is 1.12. The van der Waals surface area contributed by atoms with Crippen LogP contribution in [0, 0.1) is 11.6 Å². The van der Waals surface area contributed by atoms with Crippen molar-refractivity contribution in [2.75, 3.05) is 0 Å². The van der Waals surface area contributed by atoms with Crippen molar-refractivity contribution in [3.05, 3.63) is 35.4 Å². The number of rotatable bonds is 3. The van der Waals surface area contributed by atoms with Gasteiger partial charge in [-0.25, -0.2) is 8.78 Å². The zero-order valence-corrected chi connectivity index (χ0v) is 7.76. The summed E-state index contributed by atoms with van der Waals surface area (Å²) < 4.78 is 26.2. The number of benzene rings is 1. The van der Waals surface area contributed by atoms with Crippen molar-refractivity contribution in [1.82, 2.24) is 0 Å². The number of nitrogens with two attached hydrogens (primary N) is 1. The minimum atomic E-state index is -1.23. The van der Waals surface area contributed by atoms with Crippen molar-refractivity contribution >= 4 is 6.29 Å². The highest BCUT2D eigenvalue weighted by Crippen LogP contribution is 2.16. The van der Waals surface area contributed by atoms with Gasteiger partial charge in [0.2, 0.25) is 0 Å². The molecule has 0 aliphatic rings. The number of aldehydes is 1. The first-order valence-corrected chi connectivity index (χ1v) is 4.14. The highest BCUT2D eigenvalue weighted by atomic mass is 19.1. The lowest BCUT2D eigenvalue weighted by atomic mass is 9.95. The van der Waals surface area contributed by atoms with Gasteiger partial charge in [-0.1, -0.05) is 6.07 Å². The lowest BCUT2D eigenvalue weighted by Crippen LogP contribution is -2.40. The smallest absolute Gasteiger partial charge is 0.139 e. The molecule has 2 nitrogen and oxygen atoms in total. The van der Waals surface area contributed by atoms with Crippen molar-refractivity contribution < 1.29 is 13.6 Å². The topological polar surface area (TPSA) is 43.1 Å². The van der Waals surface area contributed by atoms with E-state index in [0.29, 0.717) is 6.29 Å². The lowest BCUT2D eigenvalue weighted by Gasteiger charge is -2.17. The van der Waals surface area contributed by atoms with Crippen molar-refractivity contribution in [2.45, 2.75) is 18.9 Å². The van der Waals surface area contributed by atoms with Crippen LogP contribution in [0.15, 0.2) is 18.2 Å². The molecule has 76 valence electrons. The Labute approximate surface area is 80.7 Å². The summed E-state index contributed by atoms with van der Waals surface area (Å²) in [6, 6.07) is 3.54. The molecule has 0 aromatic heterocycles. The second kappa shape index (κ2) is 3.84. The first kappa shape index (κ1) is 10.8. The maximum atomic E-state index is 13.1. The van der Waals surface area contributed by atoms with Gasteiger partial charge >= 0.3 is 0 Å². The molecule has 2 N–H and O–H groups in total. The molecule has 0 radical (unpaired) electrons. The predicted molar refractivity (Wildman–Crippen MR) is 48.7 cm³/mol. The van der Waals surface area contributed by atoms with Crippen molar-refractivity contribution in [1.29, 1.82) is 0 Å². The van der Waals surface area contributed by atoms with E-state index >= 15 is 0 Å². The maximum absolute atomic E-state index is 13.1. The normalized spacial score (nSPS) is 14.9. The standard InChI is InChI=1S/C10H11F2NO/c1-10(13,6-14)5-7-8(11)3-2-4-9(7)12/h2-4,6H,5,13H2,1H3. The van der Waals surface area contributed by atoms with Crippen LogP contribution in [-0.2, 0) is 11.2 Å². The van der Waals surface area contributed by atoms with Crippen LogP contribution in [0.3, 0.4) is 0 Å². The van der Waals surface area contributed by atoms with Crippen molar-refractivity contribution in [2.24, 2.45) is 5.73 Å². The summed E-state index contributed by atoms with van der Waals surface area (Å²) in [5.41, 5.74) is 4.10. The summed E-state index contributed by atoms with van der Waals surface area (Å²) >= 11 is 0. The van der Waals surface area contributed by atoms with Crippen LogP contribution < -0.4 is 5.73 Å². The van der Waals surface area contributed by atoms with Gasteiger partial charge in [0, 0.05) is 12.0 Å². The van der Waals surface area contributed by atoms with Gasteiger partial charge < -0.3 is 10.5 Å². The highest BCUT2D eigenvalue weighted by Gasteiger charge is 2.22. The highest BCUT2D eigenvalue weighted by molar-refractivity contribution is 5.63. The maximum Gasteiger partial charge on any atom is 0.139 e. The third-order valence-corrected chi connectivity index (χ3v) is 1.89. The first-order valence-electron chi connectivity index (χ1n) is 4.14. The third kappa shape index (κ3) is 2.35. The predicted octanol–water partition coefficient (Wildman–Crippen LogP) is 1.42. The van der Waals surface area contributed by atoms with Crippen LogP contribution in [0.2, 0.25) is 0 Å². The molecule has 14 heavy (non-hydrogen) atoms. The summed E-state index contributed by atoms with van der Waals surface area (Å²) in [5.74, 6) is -1.35. The number of hydrogen-bond acceptors (Lipinski definition) is 2. The van der Waals surface area contributed by atoms with E-state index in [1.165, 1.54) is 13.0 Å². The summed E-state index contributed by atoms with van der Waals surface area (Å²) in [7, 11) is 0. The van der Waals surface area contributed by atoms with Gasteiger partial charge in [-0.3, -0.25) is 0 Å². The molecule has 0 bridgehead atoms. The van der Waals surface area contributed by atoms with Gasteiger partial charge in [-0.15, -0.1) is 0 Å². The number of hydrogen-bond donors (Lipinski definition) is 1. The molecule has 0 saturated heterocycles. The fraction of sp³-hybridized carbons (Fsp3) is 0.300. The Morgan fingerprint density at radius 1 is 1.43 bits per heavy atom. The molecule has 0 spiro atoms. The summed E-state index contributed by atoms with van der Waals surface area (Å²) in [5, 5.41) is 0. The van der Waals surface area contributed by atoms with Crippen LogP contribution in [-0.4, -0.2) is 11.8 Å². The Hall–Kier alpha value is -1.29. The van der Waals surface area contributed by atoms with Gasteiger partial charge in [0.15, 0.2) is 0 Å². The molecule has 0 amide bonds.